The quantitative estimate of drug-likeness (QED) is 0.554. The van der Waals surface area contributed by atoms with Crippen LogP contribution in [0.15, 0.2) is 53.4 Å². The predicted octanol–water partition coefficient (Wildman–Crippen LogP) is 5.20. The third kappa shape index (κ3) is 2.93. The molecule has 2 heteroatoms. The highest BCUT2D eigenvalue weighted by atomic mass is 79.9. The fourth-order valence-corrected chi connectivity index (χ4v) is 3.28. The second-order valence-electron chi connectivity index (χ2n) is 4.02. The van der Waals surface area contributed by atoms with Crippen molar-refractivity contribution in [2.45, 2.75) is 16.6 Å². The van der Waals surface area contributed by atoms with Gasteiger partial charge in [0.1, 0.15) is 0 Å². The van der Waals surface area contributed by atoms with Crippen molar-refractivity contribution in [2.75, 3.05) is 6.26 Å². The summed E-state index contributed by atoms with van der Waals surface area (Å²) in [5.41, 5.74) is 3.94. The van der Waals surface area contributed by atoms with Gasteiger partial charge in [0, 0.05) is 4.90 Å². The van der Waals surface area contributed by atoms with Crippen molar-refractivity contribution in [3.63, 3.8) is 0 Å². The molecule has 0 aliphatic heterocycles. The Morgan fingerprint density at radius 2 is 1.65 bits per heavy atom. The van der Waals surface area contributed by atoms with Gasteiger partial charge in [-0.15, -0.1) is 11.8 Å². The Labute approximate surface area is 116 Å². The summed E-state index contributed by atoms with van der Waals surface area (Å²) in [6, 6.07) is 17.2. The molecule has 0 bridgehead atoms. The van der Waals surface area contributed by atoms with E-state index in [1.807, 2.05) is 0 Å². The summed E-state index contributed by atoms with van der Waals surface area (Å²) in [6.07, 6.45) is 2.12. The first-order valence-electron chi connectivity index (χ1n) is 5.56. The Bertz CT molecular complexity index is 491. The molecule has 0 saturated carbocycles. The Balaban J connectivity index is 2.36. The highest BCUT2D eigenvalue weighted by molar-refractivity contribution is 9.09. The fourth-order valence-electron chi connectivity index (χ4n) is 1.79. The summed E-state index contributed by atoms with van der Waals surface area (Å²) >= 11 is 5.59. The number of hydrogen-bond donors (Lipinski definition) is 0. The minimum Gasteiger partial charge on any atom is -0.129 e. The second kappa shape index (κ2) is 5.74. The summed E-state index contributed by atoms with van der Waals surface area (Å²) in [5.74, 6) is 0. The van der Waals surface area contributed by atoms with E-state index in [0.29, 0.717) is 0 Å². The molecule has 0 aliphatic carbocycles. The first-order valence-corrected chi connectivity index (χ1v) is 7.70. The van der Waals surface area contributed by atoms with E-state index in [1.165, 1.54) is 21.6 Å². The maximum absolute atomic E-state index is 3.80. The minimum absolute atomic E-state index is 0.270. The van der Waals surface area contributed by atoms with Gasteiger partial charge >= 0.3 is 0 Å². The van der Waals surface area contributed by atoms with Crippen molar-refractivity contribution in [3.05, 3.63) is 65.2 Å². The molecule has 0 saturated heterocycles. The number of halogens is 1. The Kier molecular flexibility index (Phi) is 4.30. The first kappa shape index (κ1) is 12.7. The van der Waals surface area contributed by atoms with Gasteiger partial charge in [-0.05, 0) is 30.4 Å². The molecule has 0 radical (unpaired) electrons. The van der Waals surface area contributed by atoms with Crippen molar-refractivity contribution in [1.29, 1.82) is 0 Å². The van der Waals surface area contributed by atoms with Gasteiger partial charge in [-0.2, -0.15) is 0 Å². The molecule has 2 aromatic rings. The van der Waals surface area contributed by atoms with Crippen LogP contribution in [0.5, 0.6) is 0 Å². The lowest BCUT2D eigenvalue weighted by molar-refractivity contribution is 1.11. The zero-order valence-corrected chi connectivity index (χ0v) is 12.4. The molecule has 0 aromatic heterocycles. The van der Waals surface area contributed by atoms with E-state index in [9.17, 15) is 0 Å². The van der Waals surface area contributed by atoms with Gasteiger partial charge < -0.3 is 0 Å². The Hall–Kier alpha value is -0.730. The lowest BCUT2D eigenvalue weighted by atomic mass is 10.0. The number of rotatable bonds is 3. The standard InChI is InChI=1S/C15H15BrS/c1-11-7-9-12(10-8-11)15(16)13-5-3-4-6-14(13)17-2/h3-10,15H,1-2H3. The van der Waals surface area contributed by atoms with Crippen molar-refractivity contribution >= 4 is 27.7 Å². The zero-order valence-electron chi connectivity index (χ0n) is 9.98. The van der Waals surface area contributed by atoms with Gasteiger partial charge in [0.15, 0.2) is 0 Å². The maximum Gasteiger partial charge on any atom is 0.0655 e. The number of alkyl halides is 1. The van der Waals surface area contributed by atoms with Gasteiger partial charge in [-0.1, -0.05) is 64.0 Å². The van der Waals surface area contributed by atoms with E-state index in [1.54, 1.807) is 11.8 Å². The van der Waals surface area contributed by atoms with Gasteiger partial charge in [0.2, 0.25) is 0 Å². The van der Waals surface area contributed by atoms with E-state index >= 15 is 0 Å². The second-order valence-corrected chi connectivity index (χ2v) is 5.78. The van der Waals surface area contributed by atoms with Gasteiger partial charge in [0.05, 0.1) is 4.83 Å². The molecule has 0 amide bonds. The highest BCUT2D eigenvalue weighted by Gasteiger charge is 2.13. The lowest BCUT2D eigenvalue weighted by Crippen LogP contribution is -1.94. The van der Waals surface area contributed by atoms with Crippen LogP contribution in [0, 0.1) is 6.92 Å². The first-order chi connectivity index (χ1) is 8.22. The van der Waals surface area contributed by atoms with Gasteiger partial charge in [-0.25, -0.2) is 0 Å². The van der Waals surface area contributed by atoms with Crippen molar-refractivity contribution in [2.24, 2.45) is 0 Å². The minimum atomic E-state index is 0.270. The average molecular weight is 307 g/mol. The molecular formula is C15H15BrS. The third-order valence-electron chi connectivity index (χ3n) is 2.78. The molecule has 0 fully saturated rings. The summed E-state index contributed by atoms with van der Waals surface area (Å²) < 4.78 is 0. The van der Waals surface area contributed by atoms with Gasteiger partial charge in [0.25, 0.3) is 0 Å². The summed E-state index contributed by atoms with van der Waals surface area (Å²) in [7, 11) is 0. The maximum atomic E-state index is 3.80. The van der Waals surface area contributed by atoms with Crippen LogP contribution in [0.3, 0.4) is 0 Å². The molecular weight excluding hydrogens is 292 g/mol. The molecule has 0 heterocycles. The van der Waals surface area contributed by atoms with Crippen LogP contribution in [0.2, 0.25) is 0 Å². The van der Waals surface area contributed by atoms with Crippen LogP contribution in [-0.4, -0.2) is 6.26 Å². The number of benzene rings is 2. The smallest absolute Gasteiger partial charge is 0.0655 e. The predicted molar refractivity (Wildman–Crippen MR) is 80.2 cm³/mol. The van der Waals surface area contributed by atoms with E-state index < -0.39 is 0 Å². The monoisotopic (exact) mass is 306 g/mol. The van der Waals surface area contributed by atoms with Crippen LogP contribution in [-0.2, 0) is 0 Å². The molecule has 0 N–H and O–H groups in total. The normalized spacial score (nSPS) is 12.4. The summed E-state index contributed by atoms with van der Waals surface area (Å²) in [5, 5.41) is 0. The molecule has 0 spiro atoms. The number of aryl methyl sites for hydroxylation is 1. The largest absolute Gasteiger partial charge is 0.129 e. The Morgan fingerprint density at radius 3 is 2.29 bits per heavy atom. The van der Waals surface area contributed by atoms with Crippen LogP contribution in [0.1, 0.15) is 21.5 Å². The highest BCUT2D eigenvalue weighted by Crippen LogP contribution is 2.36. The summed E-state index contributed by atoms with van der Waals surface area (Å²) in [4.78, 5) is 1.60. The SMILES string of the molecule is CSc1ccccc1C(Br)c1ccc(C)cc1. The van der Waals surface area contributed by atoms with Crippen LogP contribution in [0.25, 0.3) is 0 Å². The van der Waals surface area contributed by atoms with E-state index in [-0.39, 0.29) is 4.83 Å². The van der Waals surface area contributed by atoms with Crippen LogP contribution >= 0.6 is 27.7 Å². The lowest BCUT2D eigenvalue weighted by Gasteiger charge is -2.14. The topological polar surface area (TPSA) is 0 Å². The molecule has 17 heavy (non-hydrogen) atoms. The van der Waals surface area contributed by atoms with E-state index in [4.69, 9.17) is 0 Å². The molecule has 1 unspecified atom stereocenters. The van der Waals surface area contributed by atoms with Crippen molar-refractivity contribution < 1.29 is 0 Å². The van der Waals surface area contributed by atoms with Gasteiger partial charge in [-0.3, -0.25) is 0 Å². The third-order valence-corrected chi connectivity index (χ3v) is 4.62. The van der Waals surface area contributed by atoms with Crippen LogP contribution in [0.4, 0.5) is 0 Å². The number of thioether (sulfide) groups is 1. The fraction of sp³-hybridized carbons (Fsp3) is 0.200. The van der Waals surface area contributed by atoms with E-state index in [0.717, 1.165) is 0 Å². The van der Waals surface area contributed by atoms with Crippen molar-refractivity contribution in [3.8, 4) is 0 Å². The van der Waals surface area contributed by atoms with Crippen LogP contribution < -0.4 is 0 Å². The van der Waals surface area contributed by atoms with E-state index in [2.05, 4.69) is 77.6 Å². The van der Waals surface area contributed by atoms with Crippen molar-refractivity contribution in [1.82, 2.24) is 0 Å². The molecule has 2 aromatic carbocycles. The molecule has 0 nitrogen and oxygen atoms in total. The average Bonchev–Trinajstić information content (AvgIpc) is 2.39. The summed E-state index contributed by atoms with van der Waals surface area (Å²) in [6.45, 7) is 2.11. The zero-order chi connectivity index (χ0) is 12.3. The molecule has 0 aliphatic rings. The Morgan fingerprint density at radius 1 is 1.00 bits per heavy atom. The molecule has 88 valence electrons. The molecule has 1 atom stereocenters. The number of hydrogen-bond acceptors (Lipinski definition) is 1. The molecule has 2 rings (SSSR count).